The van der Waals surface area contributed by atoms with Crippen LogP contribution in [0.4, 0.5) is 5.69 Å². The van der Waals surface area contributed by atoms with E-state index in [-0.39, 0.29) is 42.4 Å². The van der Waals surface area contributed by atoms with Crippen molar-refractivity contribution < 1.29 is 19.1 Å². The third-order valence-electron chi connectivity index (χ3n) is 6.63. The normalized spacial score (nSPS) is 20.9. The van der Waals surface area contributed by atoms with Gasteiger partial charge in [0.2, 0.25) is 5.91 Å². The molecular formula is C24H30N4O4. The topological polar surface area (TPSA) is 93.5 Å². The van der Waals surface area contributed by atoms with Gasteiger partial charge in [-0.3, -0.25) is 19.2 Å². The Morgan fingerprint density at radius 1 is 1.25 bits per heavy atom. The minimum Gasteiger partial charge on any atom is -0.461 e. The summed E-state index contributed by atoms with van der Waals surface area (Å²) in [5.74, 6) is -1.16. The van der Waals surface area contributed by atoms with Gasteiger partial charge in [-0.15, -0.1) is 0 Å². The van der Waals surface area contributed by atoms with Gasteiger partial charge in [0.15, 0.2) is 5.69 Å². The SMILES string of the molecule is CCOC(=O)c1cc2n(n1)CC(C)(C(=O)NC1CCCC1)N(c1cccc(C)c1C)C2=O. The van der Waals surface area contributed by atoms with Crippen molar-refractivity contribution in [2.75, 3.05) is 11.5 Å². The van der Waals surface area contributed by atoms with E-state index in [1.165, 1.54) is 10.7 Å². The van der Waals surface area contributed by atoms with Gasteiger partial charge < -0.3 is 10.1 Å². The summed E-state index contributed by atoms with van der Waals surface area (Å²) in [6.45, 7) is 7.76. The van der Waals surface area contributed by atoms with Crippen molar-refractivity contribution in [2.45, 2.75) is 71.5 Å². The summed E-state index contributed by atoms with van der Waals surface area (Å²) in [6, 6.07) is 7.29. The molecule has 0 saturated heterocycles. The predicted molar refractivity (Wildman–Crippen MR) is 120 cm³/mol. The second-order valence-corrected chi connectivity index (χ2v) is 8.88. The molecule has 32 heavy (non-hydrogen) atoms. The summed E-state index contributed by atoms with van der Waals surface area (Å²) < 4.78 is 6.52. The highest BCUT2D eigenvalue weighted by molar-refractivity contribution is 6.12. The van der Waals surface area contributed by atoms with Crippen LogP contribution < -0.4 is 10.2 Å². The standard InChI is InChI=1S/C24H30N4O4/c1-5-32-22(30)18-13-20-21(29)28(19-12-8-9-15(2)16(19)3)24(4,14-27(20)26-18)23(31)25-17-10-6-7-11-17/h8-9,12-13,17H,5-7,10-11,14H2,1-4H3,(H,25,31). The molecule has 1 aliphatic carbocycles. The van der Waals surface area contributed by atoms with Crippen LogP contribution >= 0.6 is 0 Å². The summed E-state index contributed by atoms with van der Waals surface area (Å²) in [6.07, 6.45) is 4.07. The molecule has 1 unspecified atom stereocenters. The smallest absolute Gasteiger partial charge is 0.358 e. The Morgan fingerprint density at radius 3 is 2.66 bits per heavy atom. The number of aryl methyl sites for hydroxylation is 1. The molecule has 2 heterocycles. The van der Waals surface area contributed by atoms with Crippen molar-refractivity contribution in [2.24, 2.45) is 0 Å². The number of rotatable bonds is 5. The number of fused-ring (bicyclic) bond motifs is 1. The van der Waals surface area contributed by atoms with Crippen molar-refractivity contribution in [3.8, 4) is 0 Å². The minimum atomic E-state index is -1.21. The van der Waals surface area contributed by atoms with Crippen LogP contribution in [0.1, 0.15) is 71.6 Å². The number of carbonyl (C=O) groups is 3. The lowest BCUT2D eigenvalue weighted by atomic mass is 9.92. The Balaban J connectivity index is 1.80. The van der Waals surface area contributed by atoms with Gasteiger partial charge in [0, 0.05) is 17.8 Å². The second kappa shape index (κ2) is 8.41. The highest BCUT2D eigenvalue weighted by Crippen LogP contribution is 2.36. The predicted octanol–water partition coefficient (Wildman–Crippen LogP) is 3.15. The van der Waals surface area contributed by atoms with Crippen LogP contribution in [0.3, 0.4) is 0 Å². The fourth-order valence-electron chi connectivity index (χ4n) is 4.65. The average Bonchev–Trinajstić information content (AvgIpc) is 3.41. The number of amides is 2. The summed E-state index contributed by atoms with van der Waals surface area (Å²) in [4.78, 5) is 41.2. The average molecular weight is 439 g/mol. The molecule has 1 atom stereocenters. The lowest BCUT2D eigenvalue weighted by molar-refractivity contribution is -0.127. The quantitative estimate of drug-likeness (QED) is 0.724. The fourth-order valence-corrected chi connectivity index (χ4v) is 4.65. The number of benzene rings is 1. The van der Waals surface area contributed by atoms with E-state index in [9.17, 15) is 14.4 Å². The number of carbonyl (C=O) groups excluding carboxylic acids is 3. The number of nitrogens with zero attached hydrogens (tertiary/aromatic N) is 3. The minimum absolute atomic E-state index is 0.0663. The molecule has 0 bridgehead atoms. The molecule has 1 aromatic heterocycles. The van der Waals surface area contributed by atoms with Gasteiger partial charge >= 0.3 is 5.97 Å². The van der Waals surface area contributed by atoms with Gasteiger partial charge in [0.05, 0.1) is 13.2 Å². The van der Waals surface area contributed by atoms with Crippen LogP contribution in [0.25, 0.3) is 0 Å². The van der Waals surface area contributed by atoms with E-state index >= 15 is 0 Å². The Hall–Kier alpha value is -3.16. The van der Waals surface area contributed by atoms with Crippen molar-refractivity contribution >= 4 is 23.5 Å². The first-order valence-electron chi connectivity index (χ1n) is 11.2. The van der Waals surface area contributed by atoms with Crippen LogP contribution in [0.5, 0.6) is 0 Å². The van der Waals surface area contributed by atoms with E-state index in [2.05, 4.69) is 10.4 Å². The number of esters is 1. The monoisotopic (exact) mass is 438 g/mol. The summed E-state index contributed by atoms with van der Waals surface area (Å²) in [7, 11) is 0. The van der Waals surface area contributed by atoms with E-state index in [1.807, 2.05) is 32.0 Å². The van der Waals surface area contributed by atoms with Crippen LogP contribution in [-0.4, -0.2) is 45.8 Å². The van der Waals surface area contributed by atoms with E-state index < -0.39 is 11.5 Å². The zero-order valence-electron chi connectivity index (χ0n) is 19.1. The summed E-state index contributed by atoms with van der Waals surface area (Å²) in [5, 5.41) is 7.47. The largest absolute Gasteiger partial charge is 0.461 e. The zero-order valence-corrected chi connectivity index (χ0v) is 19.1. The van der Waals surface area contributed by atoms with Gasteiger partial charge in [-0.2, -0.15) is 5.10 Å². The maximum Gasteiger partial charge on any atom is 0.358 e. The molecule has 170 valence electrons. The number of aromatic nitrogens is 2. The fraction of sp³-hybridized carbons (Fsp3) is 0.500. The second-order valence-electron chi connectivity index (χ2n) is 8.88. The van der Waals surface area contributed by atoms with Gasteiger partial charge in [-0.1, -0.05) is 25.0 Å². The number of hydrogen-bond donors (Lipinski definition) is 1. The molecule has 1 aliphatic heterocycles. The zero-order chi connectivity index (χ0) is 23.0. The molecule has 8 heteroatoms. The van der Waals surface area contributed by atoms with E-state index in [0.29, 0.717) is 5.69 Å². The highest BCUT2D eigenvalue weighted by atomic mass is 16.5. The highest BCUT2D eigenvalue weighted by Gasteiger charge is 2.50. The van der Waals surface area contributed by atoms with Gasteiger partial charge in [0.25, 0.3) is 5.91 Å². The molecule has 2 amide bonds. The first-order valence-corrected chi connectivity index (χ1v) is 11.2. The molecular weight excluding hydrogens is 408 g/mol. The number of nitrogens with one attached hydrogen (secondary N) is 1. The molecule has 1 saturated carbocycles. The van der Waals surface area contributed by atoms with E-state index in [1.54, 1.807) is 18.7 Å². The number of ether oxygens (including phenoxy) is 1. The molecule has 1 aromatic carbocycles. The lowest BCUT2D eigenvalue weighted by Crippen LogP contribution is -2.65. The van der Waals surface area contributed by atoms with Crippen LogP contribution in [-0.2, 0) is 16.1 Å². The van der Waals surface area contributed by atoms with Crippen molar-refractivity contribution in [1.82, 2.24) is 15.1 Å². The van der Waals surface area contributed by atoms with Crippen molar-refractivity contribution in [3.63, 3.8) is 0 Å². The Kier molecular flexibility index (Phi) is 5.79. The van der Waals surface area contributed by atoms with Crippen LogP contribution in [0.15, 0.2) is 24.3 Å². The first-order chi connectivity index (χ1) is 15.3. The van der Waals surface area contributed by atoms with Crippen LogP contribution in [0, 0.1) is 13.8 Å². The van der Waals surface area contributed by atoms with Crippen LogP contribution in [0.2, 0.25) is 0 Å². The molecule has 2 aliphatic rings. The Bertz CT molecular complexity index is 1070. The Morgan fingerprint density at radius 2 is 1.97 bits per heavy atom. The van der Waals surface area contributed by atoms with Gasteiger partial charge in [0.1, 0.15) is 11.2 Å². The third kappa shape index (κ3) is 3.67. The Labute approximate surface area is 187 Å². The number of hydrogen-bond acceptors (Lipinski definition) is 5. The molecule has 0 radical (unpaired) electrons. The molecule has 0 spiro atoms. The van der Waals surface area contributed by atoms with E-state index in [4.69, 9.17) is 4.74 Å². The van der Waals surface area contributed by atoms with Gasteiger partial charge in [-0.25, -0.2) is 4.79 Å². The summed E-state index contributed by atoms with van der Waals surface area (Å²) >= 11 is 0. The molecule has 1 fully saturated rings. The maximum atomic E-state index is 13.8. The first kappa shape index (κ1) is 22.0. The molecule has 1 N–H and O–H groups in total. The molecule has 8 nitrogen and oxygen atoms in total. The molecule has 4 rings (SSSR count). The van der Waals surface area contributed by atoms with Gasteiger partial charge in [-0.05, 0) is 57.7 Å². The van der Waals surface area contributed by atoms with E-state index in [0.717, 1.165) is 36.8 Å². The summed E-state index contributed by atoms with van der Waals surface area (Å²) in [5.41, 5.74) is 1.77. The number of anilines is 1. The lowest BCUT2D eigenvalue weighted by Gasteiger charge is -2.44. The maximum absolute atomic E-state index is 13.8. The van der Waals surface area contributed by atoms with Crippen molar-refractivity contribution in [3.05, 3.63) is 46.8 Å². The van der Waals surface area contributed by atoms with Crippen molar-refractivity contribution in [1.29, 1.82) is 0 Å². The third-order valence-corrected chi connectivity index (χ3v) is 6.63. The molecule has 2 aromatic rings.